The van der Waals surface area contributed by atoms with E-state index in [4.69, 9.17) is 19.2 Å². The molecule has 9 heteroatoms. The van der Waals surface area contributed by atoms with Crippen LogP contribution in [0.4, 0.5) is 25.5 Å². The predicted octanol–water partition coefficient (Wildman–Crippen LogP) is 7.15. The molecule has 0 saturated heterocycles. The number of para-hydroxylation sites is 2. The minimum atomic E-state index is -0.831. The van der Waals surface area contributed by atoms with Crippen LogP contribution < -0.4 is 4.90 Å². The number of fused-ring (bicyclic) bond motifs is 3. The van der Waals surface area contributed by atoms with Gasteiger partial charge >= 0.3 is 12.2 Å². The van der Waals surface area contributed by atoms with Crippen LogP contribution in [0.1, 0.15) is 47.1 Å². The van der Waals surface area contributed by atoms with Crippen LogP contribution in [0.2, 0.25) is 0 Å². The Bertz CT molecular complexity index is 1470. The Morgan fingerprint density at radius 2 is 1.57 bits per heavy atom. The normalized spacial score (nSPS) is 12.0. The predicted molar refractivity (Wildman–Crippen MR) is 138 cm³/mol. The number of ether oxygens (including phenoxy) is 3. The number of amides is 1. The van der Waals surface area contributed by atoms with Crippen molar-refractivity contribution in [3.63, 3.8) is 0 Å². The number of benzene rings is 2. The van der Waals surface area contributed by atoms with Crippen LogP contribution in [0.15, 0.2) is 60.8 Å². The van der Waals surface area contributed by atoms with E-state index in [1.807, 2.05) is 22.7 Å². The third-order valence-electron chi connectivity index (χ3n) is 5.17. The Kier molecular flexibility index (Phi) is 6.82. The molecule has 0 aliphatic heterocycles. The number of hydrogen-bond acceptors (Lipinski definition) is 6. The second kappa shape index (κ2) is 9.72. The molecule has 4 aromatic rings. The Labute approximate surface area is 214 Å². The van der Waals surface area contributed by atoms with Crippen LogP contribution >= 0.6 is 0 Å². The van der Waals surface area contributed by atoms with Gasteiger partial charge in [-0.05, 0) is 71.9 Å². The lowest BCUT2D eigenvalue weighted by Crippen LogP contribution is -2.35. The number of hydrogen-bond donors (Lipinski definition) is 0. The Morgan fingerprint density at radius 1 is 0.892 bits per heavy atom. The highest BCUT2D eigenvalue weighted by Gasteiger charge is 2.30. The van der Waals surface area contributed by atoms with Gasteiger partial charge in [0.2, 0.25) is 0 Å². The quantitative estimate of drug-likeness (QED) is 0.273. The van der Waals surface area contributed by atoms with Gasteiger partial charge < -0.3 is 18.6 Å². The monoisotopic (exact) mass is 507 g/mol. The van der Waals surface area contributed by atoms with E-state index in [2.05, 4.69) is 0 Å². The molecule has 2 aromatic heterocycles. The topological polar surface area (TPSA) is 82.4 Å². The number of anilines is 2. The largest absolute Gasteiger partial charge is 0.509 e. The number of aromatic nitrogens is 2. The molecule has 0 spiro atoms. The van der Waals surface area contributed by atoms with Crippen molar-refractivity contribution in [3.05, 3.63) is 72.2 Å². The van der Waals surface area contributed by atoms with Crippen LogP contribution in [0.25, 0.3) is 16.6 Å². The first-order valence-electron chi connectivity index (χ1n) is 11.9. The van der Waals surface area contributed by atoms with Gasteiger partial charge in [0.25, 0.3) is 0 Å². The Hall–Kier alpha value is -4.14. The molecular formula is C28H30FN3O5. The van der Waals surface area contributed by atoms with Gasteiger partial charge in [-0.2, -0.15) is 0 Å². The van der Waals surface area contributed by atoms with Crippen molar-refractivity contribution in [1.29, 1.82) is 0 Å². The summed E-state index contributed by atoms with van der Waals surface area (Å²) in [6.45, 7) is 10.3. The van der Waals surface area contributed by atoms with Crippen molar-refractivity contribution < 1.29 is 28.2 Å². The number of carbonyl (C=O) groups excluding carboxylic acids is 2. The van der Waals surface area contributed by atoms with Crippen LogP contribution in [-0.2, 0) is 20.8 Å². The molecule has 0 bridgehead atoms. The molecule has 0 aliphatic rings. The fourth-order valence-corrected chi connectivity index (χ4v) is 3.77. The van der Waals surface area contributed by atoms with Gasteiger partial charge in [-0.25, -0.2) is 23.9 Å². The molecule has 8 nitrogen and oxygen atoms in total. The number of carbonyl (C=O) groups is 2. The first kappa shape index (κ1) is 25.9. The molecule has 0 atom stereocenters. The number of halogens is 1. The van der Waals surface area contributed by atoms with E-state index in [-0.39, 0.29) is 18.1 Å². The van der Waals surface area contributed by atoms with Gasteiger partial charge in [0.05, 0.1) is 22.2 Å². The molecule has 4 rings (SSSR count). The summed E-state index contributed by atoms with van der Waals surface area (Å²) in [5, 5.41) is 0. The minimum Gasteiger partial charge on any atom is -0.443 e. The molecule has 2 heterocycles. The molecule has 2 aromatic carbocycles. The van der Waals surface area contributed by atoms with E-state index < -0.39 is 29.3 Å². The van der Waals surface area contributed by atoms with E-state index in [0.29, 0.717) is 22.1 Å². The molecule has 0 N–H and O–H groups in total. The van der Waals surface area contributed by atoms with Crippen LogP contribution in [0.5, 0.6) is 0 Å². The third-order valence-corrected chi connectivity index (χ3v) is 5.17. The van der Waals surface area contributed by atoms with E-state index in [1.165, 1.54) is 12.1 Å². The van der Waals surface area contributed by atoms with Crippen molar-refractivity contribution in [2.75, 3.05) is 4.90 Å². The lowest BCUT2D eigenvalue weighted by atomic mass is 10.1. The van der Waals surface area contributed by atoms with Gasteiger partial charge in [-0.3, -0.25) is 0 Å². The summed E-state index contributed by atoms with van der Waals surface area (Å²) in [4.78, 5) is 31.6. The van der Waals surface area contributed by atoms with Crippen LogP contribution in [0.3, 0.4) is 0 Å². The maximum absolute atomic E-state index is 15.0. The lowest BCUT2D eigenvalue weighted by molar-refractivity contribution is -0.0106. The highest BCUT2D eigenvalue weighted by molar-refractivity contribution is 6.01. The molecule has 1 amide bonds. The fraction of sp³-hybridized carbons (Fsp3) is 0.321. The number of rotatable bonds is 4. The molecule has 0 radical (unpaired) electrons. The third kappa shape index (κ3) is 5.82. The van der Waals surface area contributed by atoms with Gasteiger partial charge in [-0.15, -0.1) is 0 Å². The maximum atomic E-state index is 15.0. The molecule has 0 unspecified atom stereocenters. The smallest absolute Gasteiger partial charge is 0.443 e. The lowest BCUT2D eigenvalue weighted by Gasteiger charge is -2.28. The Balaban J connectivity index is 1.88. The minimum absolute atomic E-state index is 0.00538. The SMILES string of the molecule is CC(C)(C)OC(=O)OCc1cccc2c1nc(N(C(=O)OC(C)(C)C)c1ccccc1F)c1cccn12. The van der Waals surface area contributed by atoms with Crippen molar-refractivity contribution in [2.45, 2.75) is 59.4 Å². The summed E-state index contributed by atoms with van der Waals surface area (Å²) in [6.07, 6.45) is 0.222. The zero-order chi connectivity index (χ0) is 27.0. The summed E-state index contributed by atoms with van der Waals surface area (Å²) in [5.74, 6) is -0.442. The molecule has 37 heavy (non-hydrogen) atoms. The summed E-state index contributed by atoms with van der Waals surface area (Å²) in [6, 6.07) is 15.0. The second-order valence-electron chi connectivity index (χ2n) is 10.5. The summed E-state index contributed by atoms with van der Waals surface area (Å²) < 4.78 is 33.1. The average Bonchev–Trinajstić information content (AvgIpc) is 3.27. The first-order chi connectivity index (χ1) is 17.3. The van der Waals surface area contributed by atoms with E-state index in [0.717, 1.165) is 4.90 Å². The highest BCUT2D eigenvalue weighted by Crippen LogP contribution is 2.34. The molecule has 0 aliphatic carbocycles. The van der Waals surface area contributed by atoms with Crippen molar-refractivity contribution in [1.82, 2.24) is 9.38 Å². The van der Waals surface area contributed by atoms with E-state index >= 15 is 4.39 Å². The summed E-state index contributed by atoms with van der Waals surface area (Å²) >= 11 is 0. The maximum Gasteiger partial charge on any atom is 0.509 e. The van der Waals surface area contributed by atoms with Gasteiger partial charge in [0.1, 0.15) is 23.6 Å². The number of nitrogens with zero attached hydrogens (tertiary/aromatic N) is 3. The summed E-state index contributed by atoms with van der Waals surface area (Å²) in [5.41, 5.74) is 0.786. The van der Waals surface area contributed by atoms with Crippen molar-refractivity contribution >= 4 is 40.3 Å². The zero-order valence-corrected chi connectivity index (χ0v) is 21.7. The first-order valence-corrected chi connectivity index (χ1v) is 11.9. The average molecular weight is 508 g/mol. The van der Waals surface area contributed by atoms with E-state index in [1.54, 1.807) is 71.9 Å². The standard InChI is InChI=1S/C28H30FN3O5/c1-27(2,3)36-25(33)32(20-13-8-7-12-19(20)29)24-22-15-10-16-31(22)21-14-9-11-18(23(21)30-24)17-35-26(34)37-28(4,5)6/h7-16H,17H2,1-6H3. The van der Waals surface area contributed by atoms with Crippen LogP contribution in [-0.4, -0.2) is 32.8 Å². The van der Waals surface area contributed by atoms with Crippen molar-refractivity contribution in [3.8, 4) is 0 Å². The van der Waals surface area contributed by atoms with E-state index in [9.17, 15) is 9.59 Å². The molecule has 0 fully saturated rings. The molecule has 0 saturated carbocycles. The highest BCUT2D eigenvalue weighted by atomic mass is 19.1. The Morgan fingerprint density at radius 3 is 2.24 bits per heavy atom. The summed E-state index contributed by atoms with van der Waals surface area (Å²) in [7, 11) is 0. The van der Waals surface area contributed by atoms with Crippen molar-refractivity contribution in [2.24, 2.45) is 0 Å². The molecule has 194 valence electrons. The van der Waals surface area contributed by atoms with Gasteiger partial charge in [0, 0.05) is 11.8 Å². The van der Waals surface area contributed by atoms with Gasteiger partial charge in [0.15, 0.2) is 5.82 Å². The van der Waals surface area contributed by atoms with Gasteiger partial charge in [-0.1, -0.05) is 24.3 Å². The second-order valence-corrected chi connectivity index (χ2v) is 10.5. The molecular weight excluding hydrogens is 477 g/mol. The zero-order valence-electron chi connectivity index (χ0n) is 21.7. The fourth-order valence-electron chi connectivity index (χ4n) is 3.77. The van der Waals surface area contributed by atoms with Crippen LogP contribution in [0, 0.1) is 5.82 Å².